The first kappa shape index (κ1) is 16.3. The quantitative estimate of drug-likeness (QED) is 0.633. The fourth-order valence-electron chi connectivity index (χ4n) is 4.43. The van der Waals surface area contributed by atoms with E-state index in [1.165, 1.54) is 5.52 Å². The van der Waals surface area contributed by atoms with E-state index in [1.54, 1.807) is 0 Å². The number of benzene rings is 2. The average Bonchev–Trinajstić information content (AvgIpc) is 2.96. The monoisotopic (exact) mass is 411 g/mol. The highest BCUT2D eigenvalue weighted by molar-refractivity contribution is 9.10. The summed E-state index contributed by atoms with van der Waals surface area (Å²) in [6, 6.07) is 16.4. The van der Waals surface area contributed by atoms with Crippen LogP contribution in [0.3, 0.4) is 0 Å². The van der Waals surface area contributed by atoms with Crippen molar-refractivity contribution >= 4 is 27.0 Å². The molecule has 5 heteroatoms. The average molecular weight is 412 g/mol. The molecule has 1 saturated carbocycles. The van der Waals surface area contributed by atoms with E-state index < -0.39 is 0 Å². The van der Waals surface area contributed by atoms with E-state index in [-0.39, 0.29) is 0 Å². The van der Waals surface area contributed by atoms with Crippen LogP contribution in [0.1, 0.15) is 5.82 Å². The number of nitrogens with zero attached hydrogens (tertiary/aromatic N) is 3. The molecular formula is C21H22BrN3O. The Hall–Kier alpha value is -1.85. The van der Waals surface area contributed by atoms with Gasteiger partial charge in [-0.2, -0.15) is 0 Å². The second-order valence-electron chi connectivity index (χ2n) is 7.50. The Labute approximate surface area is 161 Å². The van der Waals surface area contributed by atoms with E-state index in [2.05, 4.69) is 44.6 Å². The number of fused-ring (bicyclic) bond motifs is 2. The van der Waals surface area contributed by atoms with Crippen molar-refractivity contribution in [2.24, 2.45) is 24.8 Å². The van der Waals surface area contributed by atoms with Crippen molar-refractivity contribution in [2.75, 3.05) is 19.7 Å². The second kappa shape index (κ2) is 6.39. The van der Waals surface area contributed by atoms with Gasteiger partial charge in [0.2, 0.25) is 0 Å². The molecule has 134 valence electrons. The van der Waals surface area contributed by atoms with Crippen molar-refractivity contribution < 1.29 is 4.74 Å². The lowest BCUT2D eigenvalue weighted by molar-refractivity contribution is 0.226. The molecule has 0 unspecified atom stereocenters. The largest absolute Gasteiger partial charge is 0.493 e. The van der Waals surface area contributed by atoms with Crippen LogP contribution in [0.5, 0.6) is 5.75 Å². The van der Waals surface area contributed by atoms with Gasteiger partial charge in [0.25, 0.3) is 0 Å². The van der Waals surface area contributed by atoms with Crippen molar-refractivity contribution in [1.82, 2.24) is 14.5 Å². The number of halogens is 1. The van der Waals surface area contributed by atoms with Crippen molar-refractivity contribution in [2.45, 2.75) is 6.54 Å². The van der Waals surface area contributed by atoms with Crippen molar-refractivity contribution in [3.63, 3.8) is 0 Å². The summed E-state index contributed by atoms with van der Waals surface area (Å²) in [4.78, 5) is 7.38. The van der Waals surface area contributed by atoms with Crippen LogP contribution >= 0.6 is 15.9 Å². The van der Waals surface area contributed by atoms with Crippen LogP contribution in [0, 0.1) is 17.8 Å². The van der Waals surface area contributed by atoms with Gasteiger partial charge >= 0.3 is 0 Å². The summed E-state index contributed by atoms with van der Waals surface area (Å²) in [5.41, 5.74) is 2.25. The van der Waals surface area contributed by atoms with Gasteiger partial charge < -0.3 is 9.30 Å². The summed E-state index contributed by atoms with van der Waals surface area (Å²) in [6.07, 6.45) is 0. The number of likely N-dealkylation sites (tertiary alicyclic amines) is 1. The van der Waals surface area contributed by atoms with Crippen LogP contribution in [0.15, 0.2) is 53.0 Å². The fraction of sp³-hybridized carbons (Fsp3) is 0.381. The number of imidazole rings is 1. The number of hydrogen-bond acceptors (Lipinski definition) is 3. The molecule has 1 aromatic heterocycles. The lowest BCUT2D eigenvalue weighted by Gasteiger charge is -2.19. The third-order valence-corrected chi connectivity index (χ3v) is 6.58. The number of aryl methyl sites for hydroxylation is 1. The number of hydrogen-bond donors (Lipinski definition) is 0. The Morgan fingerprint density at radius 3 is 2.58 bits per heavy atom. The fourth-order valence-corrected chi connectivity index (χ4v) is 5.05. The van der Waals surface area contributed by atoms with Crippen LogP contribution in [-0.4, -0.2) is 34.1 Å². The number of para-hydroxylation sites is 2. The Morgan fingerprint density at radius 1 is 1.08 bits per heavy atom. The topological polar surface area (TPSA) is 30.3 Å². The van der Waals surface area contributed by atoms with Crippen molar-refractivity contribution in [3.05, 3.63) is 58.8 Å². The number of rotatable bonds is 5. The van der Waals surface area contributed by atoms with Crippen molar-refractivity contribution in [1.29, 1.82) is 0 Å². The summed E-state index contributed by atoms with van der Waals surface area (Å²) in [5, 5.41) is 0. The van der Waals surface area contributed by atoms with Gasteiger partial charge in [0, 0.05) is 30.5 Å². The first-order valence-electron chi connectivity index (χ1n) is 9.21. The summed E-state index contributed by atoms with van der Waals surface area (Å²) >= 11 is 3.65. The van der Waals surface area contributed by atoms with Gasteiger partial charge in [0.15, 0.2) is 0 Å². The SMILES string of the molecule is Cn1c(CN2C[C@@H]3[C@@H](COc4ccccc4)[C@@H]3C2)nc2cccc(Br)c21. The third kappa shape index (κ3) is 2.83. The van der Waals surface area contributed by atoms with E-state index in [1.807, 2.05) is 36.4 Å². The predicted molar refractivity (Wildman–Crippen MR) is 106 cm³/mol. The molecule has 0 spiro atoms. The Morgan fingerprint density at radius 2 is 1.85 bits per heavy atom. The lowest BCUT2D eigenvalue weighted by atomic mass is 10.2. The zero-order valence-corrected chi connectivity index (χ0v) is 16.4. The molecule has 2 fully saturated rings. The van der Waals surface area contributed by atoms with E-state index in [0.29, 0.717) is 0 Å². The van der Waals surface area contributed by atoms with Gasteiger partial charge in [-0.3, -0.25) is 4.90 Å². The van der Waals surface area contributed by atoms with Gasteiger partial charge in [-0.25, -0.2) is 4.98 Å². The van der Waals surface area contributed by atoms with E-state index in [0.717, 1.165) is 65.6 Å². The molecule has 0 amide bonds. The molecule has 5 rings (SSSR count). The molecule has 4 nitrogen and oxygen atoms in total. The maximum absolute atomic E-state index is 5.95. The molecule has 0 bridgehead atoms. The smallest absolute Gasteiger partial charge is 0.123 e. The molecule has 1 aliphatic carbocycles. The molecular weight excluding hydrogens is 390 g/mol. The van der Waals surface area contributed by atoms with Gasteiger partial charge in [-0.15, -0.1) is 0 Å². The summed E-state index contributed by atoms with van der Waals surface area (Å²) in [7, 11) is 2.11. The highest BCUT2D eigenvalue weighted by Crippen LogP contribution is 2.52. The Kier molecular flexibility index (Phi) is 4.02. The van der Waals surface area contributed by atoms with Gasteiger partial charge in [0.05, 0.1) is 24.2 Å². The first-order valence-corrected chi connectivity index (χ1v) is 10.00. The second-order valence-corrected chi connectivity index (χ2v) is 8.36. The van der Waals surface area contributed by atoms with Crippen molar-refractivity contribution in [3.8, 4) is 5.75 Å². The van der Waals surface area contributed by atoms with Gasteiger partial charge in [0.1, 0.15) is 11.6 Å². The Bertz CT molecular complexity index is 927. The van der Waals surface area contributed by atoms with Crippen LogP contribution in [-0.2, 0) is 13.6 Å². The standard InChI is InChI=1S/C21H22BrN3O/c1-24-20(23-19-9-5-8-18(22)21(19)24)12-25-10-15-16(11-25)17(15)13-26-14-6-3-2-4-7-14/h2-9,15-17H,10-13H2,1H3/t15-,16+,17+. The normalized spacial score (nSPS) is 24.8. The summed E-state index contributed by atoms with van der Waals surface area (Å²) in [5.74, 6) is 4.44. The highest BCUT2D eigenvalue weighted by atomic mass is 79.9. The maximum atomic E-state index is 5.95. The minimum absolute atomic E-state index is 0.723. The molecule has 1 saturated heterocycles. The maximum Gasteiger partial charge on any atom is 0.123 e. The minimum Gasteiger partial charge on any atom is -0.493 e. The molecule has 2 heterocycles. The highest BCUT2D eigenvalue weighted by Gasteiger charge is 2.55. The molecule has 1 aliphatic heterocycles. The van der Waals surface area contributed by atoms with Crippen LogP contribution < -0.4 is 4.74 Å². The number of piperidine rings is 1. The predicted octanol–water partition coefficient (Wildman–Crippen LogP) is 4.09. The van der Waals surface area contributed by atoms with Crippen LogP contribution in [0.2, 0.25) is 0 Å². The minimum atomic E-state index is 0.723. The zero-order valence-electron chi connectivity index (χ0n) is 14.8. The van der Waals surface area contributed by atoms with Crippen LogP contribution in [0.4, 0.5) is 0 Å². The molecule has 3 aromatic rings. The summed E-state index contributed by atoms with van der Waals surface area (Å²) < 4.78 is 9.28. The lowest BCUT2D eigenvalue weighted by Crippen LogP contribution is -2.26. The molecule has 2 aromatic carbocycles. The van der Waals surface area contributed by atoms with E-state index in [9.17, 15) is 0 Å². The molecule has 3 atom stereocenters. The number of aromatic nitrogens is 2. The molecule has 0 N–H and O–H groups in total. The first-order chi connectivity index (χ1) is 12.7. The van der Waals surface area contributed by atoms with Crippen LogP contribution in [0.25, 0.3) is 11.0 Å². The van der Waals surface area contributed by atoms with E-state index in [4.69, 9.17) is 9.72 Å². The summed E-state index contributed by atoms with van der Waals surface area (Å²) in [6.45, 7) is 4.11. The molecule has 2 aliphatic rings. The number of ether oxygens (including phenoxy) is 1. The third-order valence-electron chi connectivity index (χ3n) is 5.94. The molecule has 0 radical (unpaired) electrons. The van der Waals surface area contributed by atoms with Gasteiger partial charge in [-0.05, 0) is 52.0 Å². The Balaban J connectivity index is 1.19. The van der Waals surface area contributed by atoms with Gasteiger partial charge in [-0.1, -0.05) is 24.3 Å². The van der Waals surface area contributed by atoms with E-state index >= 15 is 0 Å². The molecule has 26 heavy (non-hydrogen) atoms. The zero-order chi connectivity index (χ0) is 17.7.